The van der Waals surface area contributed by atoms with E-state index in [1.54, 1.807) is 24.4 Å². The molecule has 0 spiro atoms. The van der Waals surface area contributed by atoms with Crippen molar-refractivity contribution in [3.05, 3.63) is 59.1 Å². The Bertz CT molecular complexity index is 1060. The number of carbonyl (C=O) groups is 1. The van der Waals surface area contributed by atoms with Gasteiger partial charge in [0.1, 0.15) is 10.8 Å². The molecule has 2 aromatic carbocycles. The minimum Gasteiger partial charge on any atom is -0.493 e. The van der Waals surface area contributed by atoms with Gasteiger partial charge in [0.15, 0.2) is 0 Å². The minimum absolute atomic E-state index is 0.0591. The van der Waals surface area contributed by atoms with Crippen molar-refractivity contribution in [1.82, 2.24) is 4.98 Å². The summed E-state index contributed by atoms with van der Waals surface area (Å²) in [5.41, 5.74) is 1.11. The summed E-state index contributed by atoms with van der Waals surface area (Å²) in [6.45, 7) is 2.41. The highest BCUT2D eigenvalue weighted by Gasteiger charge is 2.31. The largest absolute Gasteiger partial charge is 0.493 e. The minimum atomic E-state index is -4.50. The lowest BCUT2D eigenvalue weighted by atomic mass is 10.1. The van der Waals surface area contributed by atoms with E-state index in [4.69, 9.17) is 4.74 Å². The molecule has 0 aliphatic carbocycles. The van der Waals surface area contributed by atoms with Crippen molar-refractivity contribution in [2.45, 2.75) is 19.5 Å². The molecule has 0 aliphatic heterocycles. The van der Waals surface area contributed by atoms with Crippen molar-refractivity contribution >= 4 is 28.6 Å². The summed E-state index contributed by atoms with van der Waals surface area (Å²) in [4.78, 5) is 18.7. The first-order chi connectivity index (χ1) is 14.7. The molecule has 31 heavy (non-hydrogen) atoms. The SMILES string of the molecule is CCOc1ccccc1-c1nc(CC(=O)Nc2cc(C(F)(F)F)ccc2N(C)C)cs1. The quantitative estimate of drug-likeness (QED) is 0.519. The van der Waals surface area contributed by atoms with Crippen LogP contribution in [0.15, 0.2) is 47.8 Å². The number of nitrogens with zero attached hydrogens (tertiary/aromatic N) is 2. The summed E-state index contributed by atoms with van der Waals surface area (Å²) in [6.07, 6.45) is -4.56. The molecule has 9 heteroatoms. The van der Waals surface area contributed by atoms with E-state index in [0.29, 0.717) is 28.7 Å². The Morgan fingerprint density at radius 3 is 2.61 bits per heavy atom. The molecular formula is C22H22F3N3O2S. The molecule has 164 valence electrons. The zero-order valence-corrected chi connectivity index (χ0v) is 18.1. The van der Waals surface area contributed by atoms with E-state index in [0.717, 1.165) is 17.7 Å². The first-order valence-corrected chi connectivity index (χ1v) is 10.4. The Labute approximate surface area is 182 Å². The number of hydrogen-bond acceptors (Lipinski definition) is 5. The number of thiazole rings is 1. The predicted molar refractivity (Wildman–Crippen MR) is 117 cm³/mol. The van der Waals surface area contributed by atoms with Crippen LogP contribution in [-0.4, -0.2) is 31.6 Å². The molecule has 0 bridgehead atoms. The molecule has 1 heterocycles. The van der Waals surface area contributed by atoms with Crippen LogP contribution in [0.3, 0.4) is 0 Å². The van der Waals surface area contributed by atoms with Gasteiger partial charge in [0.05, 0.1) is 41.2 Å². The van der Waals surface area contributed by atoms with E-state index >= 15 is 0 Å². The maximum absolute atomic E-state index is 13.1. The highest BCUT2D eigenvalue weighted by atomic mass is 32.1. The van der Waals surface area contributed by atoms with E-state index in [2.05, 4.69) is 10.3 Å². The fourth-order valence-corrected chi connectivity index (χ4v) is 3.85. The van der Waals surface area contributed by atoms with E-state index in [1.165, 1.54) is 17.4 Å². The van der Waals surface area contributed by atoms with Crippen LogP contribution in [0.25, 0.3) is 10.6 Å². The summed E-state index contributed by atoms with van der Waals surface area (Å²) in [7, 11) is 3.39. The van der Waals surface area contributed by atoms with Gasteiger partial charge in [-0.05, 0) is 37.3 Å². The molecule has 1 N–H and O–H groups in total. The summed E-state index contributed by atoms with van der Waals surface area (Å²) >= 11 is 1.38. The lowest BCUT2D eigenvalue weighted by Gasteiger charge is -2.19. The molecule has 0 saturated carbocycles. The third-order valence-corrected chi connectivity index (χ3v) is 5.31. The molecule has 0 saturated heterocycles. The lowest BCUT2D eigenvalue weighted by molar-refractivity contribution is -0.137. The topological polar surface area (TPSA) is 54.5 Å². The second-order valence-corrected chi connectivity index (χ2v) is 7.78. The number of nitrogens with one attached hydrogen (secondary N) is 1. The Balaban J connectivity index is 1.78. The van der Waals surface area contributed by atoms with Gasteiger partial charge in [-0.3, -0.25) is 4.79 Å². The fourth-order valence-electron chi connectivity index (χ4n) is 3.00. The summed E-state index contributed by atoms with van der Waals surface area (Å²) in [5.74, 6) is 0.257. The Kier molecular flexibility index (Phi) is 6.84. The molecule has 1 aromatic heterocycles. The van der Waals surface area contributed by atoms with Crippen LogP contribution in [0.1, 0.15) is 18.2 Å². The maximum atomic E-state index is 13.1. The van der Waals surface area contributed by atoms with Gasteiger partial charge in [-0.2, -0.15) is 13.2 Å². The molecule has 1 amide bonds. The van der Waals surface area contributed by atoms with Crippen molar-refractivity contribution in [3.63, 3.8) is 0 Å². The van der Waals surface area contributed by atoms with Crippen molar-refractivity contribution in [3.8, 4) is 16.3 Å². The van der Waals surface area contributed by atoms with E-state index in [-0.39, 0.29) is 12.1 Å². The van der Waals surface area contributed by atoms with Gasteiger partial charge in [-0.15, -0.1) is 11.3 Å². The number of amides is 1. The highest BCUT2D eigenvalue weighted by molar-refractivity contribution is 7.13. The van der Waals surface area contributed by atoms with Gasteiger partial charge in [0.2, 0.25) is 5.91 Å². The number of hydrogen-bond donors (Lipinski definition) is 1. The highest BCUT2D eigenvalue weighted by Crippen LogP contribution is 2.35. The van der Waals surface area contributed by atoms with Gasteiger partial charge in [0.25, 0.3) is 0 Å². The van der Waals surface area contributed by atoms with Crippen LogP contribution < -0.4 is 15.0 Å². The third-order valence-electron chi connectivity index (χ3n) is 4.39. The van der Waals surface area contributed by atoms with Crippen LogP contribution >= 0.6 is 11.3 Å². The second-order valence-electron chi connectivity index (χ2n) is 6.92. The van der Waals surface area contributed by atoms with Gasteiger partial charge < -0.3 is 15.0 Å². The van der Waals surface area contributed by atoms with Crippen molar-refractivity contribution in [1.29, 1.82) is 0 Å². The Morgan fingerprint density at radius 1 is 1.19 bits per heavy atom. The number of benzene rings is 2. The molecule has 0 aliphatic rings. The van der Waals surface area contributed by atoms with Crippen LogP contribution in [0.2, 0.25) is 0 Å². The van der Waals surface area contributed by atoms with E-state index < -0.39 is 17.6 Å². The molecule has 5 nitrogen and oxygen atoms in total. The molecule has 3 aromatic rings. The monoisotopic (exact) mass is 449 g/mol. The lowest BCUT2D eigenvalue weighted by Crippen LogP contribution is -2.19. The van der Waals surface area contributed by atoms with Crippen LogP contribution in [0, 0.1) is 0 Å². The average molecular weight is 449 g/mol. The van der Waals surface area contributed by atoms with Gasteiger partial charge in [-0.1, -0.05) is 12.1 Å². The van der Waals surface area contributed by atoms with Crippen molar-refractivity contribution in [2.75, 3.05) is 30.9 Å². The van der Waals surface area contributed by atoms with E-state index in [1.807, 2.05) is 31.2 Å². The van der Waals surface area contributed by atoms with Crippen molar-refractivity contribution in [2.24, 2.45) is 0 Å². The Morgan fingerprint density at radius 2 is 1.94 bits per heavy atom. The second kappa shape index (κ2) is 9.38. The molecule has 3 rings (SSSR count). The van der Waals surface area contributed by atoms with Crippen LogP contribution in [-0.2, 0) is 17.4 Å². The zero-order valence-electron chi connectivity index (χ0n) is 17.3. The zero-order chi connectivity index (χ0) is 22.6. The molecule has 0 atom stereocenters. The third kappa shape index (κ3) is 5.55. The van der Waals surface area contributed by atoms with Crippen LogP contribution in [0.4, 0.5) is 24.5 Å². The number of ether oxygens (including phenoxy) is 1. The number of carbonyl (C=O) groups excluding carboxylic acids is 1. The smallest absolute Gasteiger partial charge is 0.416 e. The normalized spacial score (nSPS) is 11.3. The number of alkyl halides is 3. The summed E-state index contributed by atoms with van der Waals surface area (Å²) < 4.78 is 44.9. The molecule has 0 radical (unpaired) electrons. The van der Waals surface area contributed by atoms with E-state index in [9.17, 15) is 18.0 Å². The van der Waals surface area contributed by atoms with Gasteiger partial charge >= 0.3 is 6.18 Å². The predicted octanol–water partition coefficient (Wildman–Crippen LogP) is 5.47. The van der Waals surface area contributed by atoms with Crippen molar-refractivity contribution < 1.29 is 22.7 Å². The maximum Gasteiger partial charge on any atom is 0.416 e. The number of para-hydroxylation sites is 1. The summed E-state index contributed by atoms with van der Waals surface area (Å²) in [5, 5.41) is 5.06. The van der Waals surface area contributed by atoms with Gasteiger partial charge in [-0.25, -0.2) is 4.98 Å². The molecule has 0 unspecified atom stereocenters. The molecular weight excluding hydrogens is 427 g/mol. The number of halogens is 3. The first kappa shape index (κ1) is 22.6. The number of rotatable bonds is 7. The standard InChI is InChI=1S/C22H22F3N3O2S/c1-4-30-19-8-6-5-7-16(19)21-26-15(13-31-21)12-20(29)27-17-11-14(22(23,24)25)9-10-18(17)28(2)3/h5-11,13H,4,12H2,1-3H3,(H,27,29). The average Bonchev–Trinajstić information content (AvgIpc) is 3.15. The fraction of sp³-hybridized carbons (Fsp3) is 0.273. The Hall–Kier alpha value is -3.07. The summed E-state index contributed by atoms with van der Waals surface area (Å²) in [6, 6.07) is 10.8. The first-order valence-electron chi connectivity index (χ1n) is 9.54. The number of aromatic nitrogens is 1. The molecule has 0 fully saturated rings. The van der Waals surface area contributed by atoms with Gasteiger partial charge in [0, 0.05) is 19.5 Å². The number of anilines is 2. The van der Waals surface area contributed by atoms with Crippen LogP contribution in [0.5, 0.6) is 5.75 Å².